The lowest BCUT2D eigenvalue weighted by molar-refractivity contribution is 0.208. The van der Waals surface area contributed by atoms with Gasteiger partial charge in [0, 0.05) is 18.2 Å². The average molecular weight is 248 g/mol. The molecule has 0 amide bonds. The summed E-state index contributed by atoms with van der Waals surface area (Å²) in [6.07, 6.45) is 9.39. The number of pyridine rings is 1. The van der Waals surface area contributed by atoms with Crippen molar-refractivity contribution in [1.82, 2.24) is 4.98 Å². The number of hydrogen-bond acceptors (Lipinski definition) is 3. The van der Waals surface area contributed by atoms with Gasteiger partial charge in [0.15, 0.2) is 0 Å². The summed E-state index contributed by atoms with van der Waals surface area (Å²) in [5, 5.41) is 0. The molecule has 0 aromatic carbocycles. The quantitative estimate of drug-likeness (QED) is 0.871. The number of ether oxygens (including phenoxy) is 1. The van der Waals surface area contributed by atoms with E-state index in [9.17, 15) is 0 Å². The Balaban J connectivity index is 1.78. The second-order valence-corrected chi connectivity index (χ2v) is 5.48. The summed E-state index contributed by atoms with van der Waals surface area (Å²) >= 11 is 0. The standard InChI is InChI=1S/C15H24N2O/c1-12(16)9-14-7-8-15(10-17-14)18-11-13-5-3-2-4-6-13/h7-8,10,12-13H,2-6,9,11,16H2,1H3. The van der Waals surface area contributed by atoms with Crippen LogP contribution in [0.15, 0.2) is 18.3 Å². The Morgan fingerprint density at radius 3 is 2.72 bits per heavy atom. The van der Waals surface area contributed by atoms with Crippen LogP contribution in [0.4, 0.5) is 0 Å². The second-order valence-electron chi connectivity index (χ2n) is 5.48. The highest BCUT2D eigenvalue weighted by atomic mass is 16.5. The van der Waals surface area contributed by atoms with Crippen LogP contribution in [0, 0.1) is 5.92 Å². The molecule has 0 aliphatic heterocycles. The Bertz CT molecular complexity index is 342. The van der Waals surface area contributed by atoms with Crippen molar-refractivity contribution < 1.29 is 4.74 Å². The molecule has 18 heavy (non-hydrogen) atoms. The smallest absolute Gasteiger partial charge is 0.137 e. The zero-order chi connectivity index (χ0) is 12.8. The summed E-state index contributed by atoms with van der Waals surface area (Å²) in [5.41, 5.74) is 6.78. The van der Waals surface area contributed by atoms with Crippen LogP contribution in [-0.4, -0.2) is 17.6 Å². The van der Waals surface area contributed by atoms with Gasteiger partial charge < -0.3 is 10.5 Å². The minimum atomic E-state index is 0.159. The highest BCUT2D eigenvalue weighted by Gasteiger charge is 2.13. The van der Waals surface area contributed by atoms with Gasteiger partial charge in [0.05, 0.1) is 12.8 Å². The van der Waals surface area contributed by atoms with Crippen LogP contribution in [0.2, 0.25) is 0 Å². The third-order valence-electron chi connectivity index (χ3n) is 3.54. The van der Waals surface area contributed by atoms with Crippen molar-refractivity contribution in [3.63, 3.8) is 0 Å². The Labute approximate surface area is 110 Å². The Hall–Kier alpha value is -1.09. The number of nitrogens with zero attached hydrogens (tertiary/aromatic N) is 1. The molecule has 3 nitrogen and oxygen atoms in total. The maximum atomic E-state index is 5.81. The number of nitrogens with two attached hydrogens (primary N) is 1. The molecule has 2 N–H and O–H groups in total. The molecule has 1 aliphatic carbocycles. The van der Waals surface area contributed by atoms with E-state index in [1.165, 1.54) is 32.1 Å². The van der Waals surface area contributed by atoms with Crippen LogP contribution < -0.4 is 10.5 Å². The first-order valence-electron chi connectivity index (χ1n) is 7.07. The predicted octanol–water partition coefficient (Wildman–Crippen LogP) is 2.93. The second kappa shape index (κ2) is 6.74. The molecular weight excluding hydrogens is 224 g/mol. The van der Waals surface area contributed by atoms with Gasteiger partial charge in [-0.15, -0.1) is 0 Å². The molecule has 0 saturated heterocycles. The van der Waals surface area contributed by atoms with Crippen molar-refractivity contribution in [1.29, 1.82) is 0 Å². The highest BCUT2D eigenvalue weighted by molar-refractivity contribution is 5.20. The monoisotopic (exact) mass is 248 g/mol. The van der Waals surface area contributed by atoms with Crippen LogP contribution in [0.3, 0.4) is 0 Å². The molecule has 1 atom stereocenters. The maximum absolute atomic E-state index is 5.81. The fourth-order valence-corrected chi connectivity index (χ4v) is 2.51. The molecular formula is C15H24N2O. The van der Waals surface area contributed by atoms with E-state index in [4.69, 9.17) is 10.5 Å². The topological polar surface area (TPSA) is 48.1 Å². The number of rotatable bonds is 5. The SMILES string of the molecule is CC(N)Cc1ccc(OCC2CCCCC2)cn1. The lowest BCUT2D eigenvalue weighted by Gasteiger charge is -2.21. The van der Waals surface area contributed by atoms with E-state index in [1.807, 2.05) is 25.3 Å². The summed E-state index contributed by atoms with van der Waals surface area (Å²) in [6.45, 7) is 2.84. The van der Waals surface area contributed by atoms with Crippen molar-refractivity contribution in [2.24, 2.45) is 11.7 Å². The summed E-state index contributed by atoms with van der Waals surface area (Å²) in [6, 6.07) is 4.18. The molecule has 0 radical (unpaired) electrons. The molecule has 0 bridgehead atoms. The maximum Gasteiger partial charge on any atom is 0.137 e. The molecule has 0 spiro atoms. The number of aromatic nitrogens is 1. The molecule has 1 aliphatic rings. The molecule has 1 saturated carbocycles. The highest BCUT2D eigenvalue weighted by Crippen LogP contribution is 2.24. The Morgan fingerprint density at radius 1 is 1.33 bits per heavy atom. The minimum absolute atomic E-state index is 0.159. The van der Waals surface area contributed by atoms with Gasteiger partial charge in [-0.05, 0) is 37.8 Å². The summed E-state index contributed by atoms with van der Waals surface area (Å²) < 4.78 is 5.81. The van der Waals surface area contributed by atoms with Crippen molar-refractivity contribution in [3.05, 3.63) is 24.0 Å². The van der Waals surface area contributed by atoms with Gasteiger partial charge in [-0.25, -0.2) is 0 Å². The third-order valence-corrected chi connectivity index (χ3v) is 3.54. The van der Waals surface area contributed by atoms with Gasteiger partial charge in [0.2, 0.25) is 0 Å². The fourth-order valence-electron chi connectivity index (χ4n) is 2.51. The Morgan fingerprint density at radius 2 is 2.11 bits per heavy atom. The lowest BCUT2D eigenvalue weighted by atomic mass is 9.90. The van der Waals surface area contributed by atoms with E-state index in [1.54, 1.807) is 0 Å². The van der Waals surface area contributed by atoms with Gasteiger partial charge in [0.1, 0.15) is 5.75 Å². The Kier molecular flexibility index (Phi) is 5.00. The van der Waals surface area contributed by atoms with Crippen molar-refractivity contribution in [2.45, 2.75) is 51.5 Å². The van der Waals surface area contributed by atoms with Crippen LogP contribution in [0.5, 0.6) is 5.75 Å². The van der Waals surface area contributed by atoms with Crippen LogP contribution in [0.1, 0.15) is 44.7 Å². The molecule has 1 aromatic heterocycles. The molecule has 2 rings (SSSR count). The lowest BCUT2D eigenvalue weighted by Crippen LogP contribution is -2.18. The van der Waals surface area contributed by atoms with Gasteiger partial charge in [0.25, 0.3) is 0 Å². The van der Waals surface area contributed by atoms with E-state index < -0.39 is 0 Å². The van der Waals surface area contributed by atoms with E-state index in [0.29, 0.717) is 0 Å². The zero-order valence-corrected chi connectivity index (χ0v) is 11.3. The summed E-state index contributed by atoms with van der Waals surface area (Å²) in [7, 11) is 0. The molecule has 1 unspecified atom stereocenters. The molecule has 1 aromatic rings. The average Bonchev–Trinajstić information content (AvgIpc) is 2.38. The summed E-state index contributed by atoms with van der Waals surface area (Å²) in [5.74, 6) is 1.62. The van der Waals surface area contributed by atoms with E-state index in [2.05, 4.69) is 4.98 Å². The van der Waals surface area contributed by atoms with Crippen LogP contribution in [-0.2, 0) is 6.42 Å². The van der Waals surface area contributed by atoms with Gasteiger partial charge in [-0.3, -0.25) is 4.98 Å². The normalized spacial score (nSPS) is 18.6. The first-order valence-corrected chi connectivity index (χ1v) is 7.07. The van der Waals surface area contributed by atoms with E-state index in [0.717, 1.165) is 30.4 Å². The first-order chi connectivity index (χ1) is 8.74. The van der Waals surface area contributed by atoms with Gasteiger partial charge in [-0.2, -0.15) is 0 Å². The predicted molar refractivity (Wildman–Crippen MR) is 73.7 cm³/mol. The largest absolute Gasteiger partial charge is 0.492 e. The van der Waals surface area contributed by atoms with E-state index >= 15 is 0 Å². The van der Waals surface area contributed by atoms with Gasteiger partial charge >= 0.3 is 0 Å². The van der Waals surface area contributed by atoms with Crippen LogP contribution >= 0.6 is 0 Å². The fraction of sp³-hybridized carbons (Fsp3) is 0.667. The zero-order valence-electron chi connectivity index (χ0n) is 11.3. The molecule has 1 fully saturated rings. The van der Waals surface area contributed by atoms with Crippen molar-refractivity contribution in [3.8, 4) is 5.75 Å². The molecule has 1 heterocycles. The summed E-state index contributed by atoms with van der Waals surface area (Å²) in [4.78, 5) is 4.38. The molecule has 3 heteroatoms. The third kappa shape index (κ3) is 4.30. The van der Waals surface area contributed by atoms with Crippen LogP contribution in [0.25, 0.3) is 0 Å². The van der Waals surface area contributed by atoms with Crippen molar-refractivity contribution >= 4 is 0 Å². The first kappa shape index (κ1) is 13.3. The van der Waals surface area contributed by atoms with Crippen molar-refractivity contribution in [2.75, 3.05) is 6.61 Å². The van der Waals surface area contributed by atoms with Gasteiger partial charge in [-0.1, -0.05) is 19.3 Å². The van der Waals surface area contributed by atoms with E-state index in [-0.39, 0.29) is 6.04 Å². The molecule has 100 valence electrons. The number of hydrogen-bond donors (Lipinski definition) is 1. The minimum Gasteiger partial charge on any atom is -0.492 e.